The molecule has 0 fully saturated rings. The van der Waals surface area contributed by atoms with Gasteiger partial charge in [0.2, 0.25) is 0 Å². The summed E-state index contributed by atoms with van der Waals surface area (Å²) in [7, 11) is 0. The van der Waals surface area contributed by atoms with Crippen LogP contribution in [0.2, 0.25) is 0 Å². The van der Waals surface area contributed by atoms with Crippen LogP contribution in [0.3, 0.4) is 0 Å². The van der Waals surface area contributed by atoms with E-state index in [9.17, 15) is 0 Å². The van der Waals surface area contributed by atoms with Crippen LogP contribution in [-0.2, 0) is 0 Å². The third kappa shape index (κ3) is 2.84. The van der Waals surface area contributed by atoms with Gasteiger partial charge in [-0.05, 0) is 60.7 Å². The van der Waals surface area contributed by atoms with E-state index in [1.807, 2.05) is 12.3 Å². The molecular formula is C41H24N4. The van der Waals surface area contributed by atoms with Crippen LogP contribution in [0, 0.1) is 0 Å². The van der Waals surface area contributed by atoms with E-state index in [4.69, 9.17) is 4.98 Å². The predicted octanol–water partition coefficient (Wildman–Crippen LogP) is 10.4. The summed E-state index contributed by atoms with van der Waals surface area (Å²) in [4.78, 5) is 4.85. The molecule has 208 valence electrons. The minimum atomic E-state index is 0.970. The number of rotatable bonds is 2. The third-order valence-corrected chi connectivity index (χ3v) is 9.79. The van der Waals surface area contributed by atoms with E-state index in [1.54, 1.807) is 0 Å². The standard InChI is InChI=1S/C41H24N4/c1-2-11-25(12-3-1)44-36-23-26(20-21-28(36)29-16-10-22-42-41(29)44)43-34-18-8-5-14-30(34)38-37(43)24-32-27-13-4-7-17-33(27)45-35-19-9-6-15-31(35)39(38)40(32)45/h1-24H. The molecule has 0 N–H and O–H groups in total. The summed E-state index contributed by atoms with van der Waals surface area (Å²) in [5, 5.41) is 10.1. The number of para-hydroxylation sites is 4. The highest BCUT2D eigenvalue weighted by atomic mass is 15.1. The van der Waals surface area contributed by atoms with Gasteiger partial charge in [0.15, 0.2) is 0 Å². The molecule has 0 aliphatic carbocycles. The Morgan fingerprint density at radius 3 is 1.84 bits per heavy atom. The second kappa shape index (κ2) is 8.28. The first kappa shape index (κ1) is 23.3. The van der Waals surface area contributed by atoms with Crippen LogP contribution in [0.25, 0.3) is 93.2 Å². The molecule has 0 spiro atoms. The average Bonchev–Trinajstić information content (AvgIpc) is 3.82. The minimum Gasteiger partial charge on any atom is -0.309 e. The first-order chi connectivity index (χ1) is 22.4. The van der Waals surface area contributed by atoms with Crippen LogP contribution < -0.4 is 0 Å². The molecule has 45 heavy (non-hydrogen) atoms. The summed E-state index contributed by atoms with van der Waals surface area (Å²) in [5.74, 6) is 0. The molecule has 6 aromatic carbocycles. The second-order valence-corrected chi connectivity index (χ2v) is 12.0. The summed E-state index contributed by atoms with van der Waals surface area (Å²) in [6.45, 7) is 0. The van der Waals surface area contributed by atoms with Crippen molar-refractivity contribution >= 4 is 81.8 Å². The van der Waals surface area contributed by atoms with Crippen LogP contribution in [0.4, 0.5) is 0 Å². The zero-order chi connectivity index (χ0) is 29.2. The maximum absolute atomic E-state index is 4.85. The van der Waals surface area contributed by atoms with Crippen LogP contribution in [0.1, 0.15) is 0 Å². The fourth-order valence-electron chi connectivity index (χ4n) is 8.05. The Labute approximate surface area is 256 Å². The Morgan fingerprint density at radius 1 is 0.378 bits per heavy atom. The van der Waals surface area contributed by atoms with Gasteiger partial charge in [-0.1, -0.05) is 78.9 Å². The number of nitrogens with zero attached hydrogens (tertiary/aromatic N) is 4. The predicted molar refractivity (Wildman–Crippen MR) is 188 cm³/mol. The number of hydrogen-bond donors (Lipinski definition) is 0. The molecule has 0 bridgehead atoms. The van der Waals surface area contributed by atoms with Gasteiger partial charge < -0.3 is 8.97 Å². The van der Waals surface area contributed by atoms with Crippen molar-refractivity contribution in [3.8, 4) is 11.4 Å². The molecule has 0 saturated heterocycles. The van der Waals surface area contributed by atoms with Gasteiger partial charge in [-0.25, -0.2) is 4.98 Å². The number of hydrogen-bond acceptors (Lipinski definition) is 1. The first-order valence-electron chi connectivity index (χ1n) is 15.4. The summed E-state index contributed by atoms with van der Waals surface area (Å²) < 4.78 is 7.23. The van der Waals surface area contributed by atoms with E-state index in [2.05, 4.69) is 147 Å². The highest BCUT2D eigenvalue weighted by Crippen LogP contribution is 2.46. The van der Waals surface area contributed by atoms with Crippen molar-refractivity contribution in [2.75, 3.05) is 0 Å². The van der Waals surface area contributed by atoms with E-state index in [0.717, 1.165) is 27.9 Å². The second-order valence-electron chi connectivity index (χ2n) is 12.0. The van der Waals surface area contributed by atoms with Gasteiger partial charge in [-0.2, -0.15) is 0 Å². The summed E-state index contributed by atoms with van der Waals surface area (Å²) in [6.07, 6.45) is 1.89. The zero-order valence-electron chi connectivity index (χ0n) is 24.1. The lowest BCUT2D eigenvalue weighted by molar-refractivity contribution is 1.13. The molecule has 11 aromatic rings. The molecule has 0 unspecified atom stereocenters. The average molecular weight is 573 g/mol. The first-order valence-corrected chi connectivity index (χ1v) is 15.4. The van der Waals surface area contributed by atoms with Gasteiger partial charge in [-0.15, -0.1) is 0 Å². The Kier molecular flexibility index (Phi) is 4.29. The number of aromatic nitrogens is 4. The topological polar surface area (TPSA) is 27.2 Å². The number of fused-ring (bicyclic) bond motifs is 13. The van der Waals surface area contributed by atoms with Crippen LogP contribution >= 0.6 is 0 Å². The van der Waals surface area contributed by atoms with Crippen molar-refractivity contribution in [1.82, 2.24) is 18.5 Å². The van der Waals surface area contributed by atoms with Gasteiger partial charge in [0, 0.05) is 60.7 Å². The smallest absolute Gasteiger partial charge is 0.145 e. The monoisotopic (exact) mass is 572 g/mol. The molecule has 5 heterocycles. The largest absolute Gasteiger partial charge is 0.309 e. The molecule has 0 aliphatic heterocycles. The van der Waals surface area contributed by atoms with E-state index < -0.39 is 0 Å². The minimum absolute atomic E-state index is 0.970. The normalized spacial score (nSPS) is 12.4. The molecule has 0 saturated carbocycles. The quantitative estimate of drug-likeness (QED) is 0.202. The van der Waals surface area contributed by atoms with Crippen LogP contribution in [0.5, 0.6) is 0 Å². The lowest BCUT2D eigenvalue weighted by atomic mass is 10.0. The van der Waals surface area contributed by atoms with E-state index >= 15 is 0 Å². The van der Waals surface area contributed by atoms with E-state index in [-0.39, 0.29) is 0 Å². The SMILES string of the molecule is c1ccc(-n2c3cc(-n4c5ccccc5c5c6c7ccccc7n7c8ccccc8c(cc54)c67)ccc3c3cccnc32)cc1. The van der Waals surface area contributed by atoms with Crippen molar-refractivity contribution in [2.45, 2.75) is 0 Å². The maximum Gasteiger partial charge on any atom is 0.145 e. The van der Waals surface area contributed by atoms with E-state index in [0.29, 0.717) is 0 Å². The van der Waals surface area contributed by atoms with E-state index in [1.165, 1.54) is 65.3 Å². The highest BCUT2D eigenvalue weighted by Gasteiger charge is 2.24. The van der Waals surface area contributed by atoms with Crippen LogP contribution in [0.15, 0.2) is 146 Å². The van der Waals surface area contributed by atoms with Gasteiger partial charge in [0.25, 0.3) is 0 Å². The zero-order valence-corrected chi connectivity index (χ0v) is 24.1. The Hall–Kier alpha value is -6.13. The van der Waals surface area contributed by atoms with Crippen molar-refractivity contribution in [1.29, 1.82) is 0 Å². The van der Waals surface area contributed by atoms with Crippen LogP contribution in [-0.4, -0.2) is 18.5 Å². The van der Waals surface area contributed by atoms with Crippen molar-refractivity contribution < 1.29 is 0 Å². The summed E-state index contributed by atoms with van der Waals surface area (Å²) in [6, 6.07) is 50.7. The molecule has 4 heteroatoms. The van der Waals surface area contributed by atoms with Crippen molar-refractivity contribution in [2.24, 2.45) is 0 Å². The lowest BCUT2D eigenvalue weighted by Crippen LogP contribution is -1.97. The van der Waals surface area contributed by atoms with Gasteiger partial charge in [0.05, 0.1) is 33.1 Å². The number of pyridine rings is 1. The maximum atomic E-state index is 4.85. The summed E-state index contributed by atoms with van der Waals surface area (Å²) in [5.41, 5.74) is 10.6. The van der Waals surface area contributed by atoms with Crippen molar-refractivity contribution in [3.63, 3.8) is 0 Å². The van der Waals surface area contributed by atoms with Crippen molar-refractivity contribution in [3.05, 3.63) is 146 Å². The fourth-order valence-corrected chi connectivity index (χ4v) is 8.05. The Balaban J connectivity index is 1.34. The lowest BCUT2D eigenvalue weighted by Gasteiger charge is -2.11. The molecule has 0 aliphatic rings. The molecule has 11 rings (SSSR count). The van der Waals surface area contributed by atoms with Gasteiger partial charge in [-0.3, -0.25) is 4.57 Å². The fraction of sp³-hybridized carbons (Fsp3) is 0. The summed E-state index contributed by atoms with van der Waals surface area (Å²) >= 11 is 0. The van der Waals surface area contributed by atoms with Gasteiger partial charge >= 0.3 is 0 Å². The van der Waals surface area contributed by atoms with Gasteiger partial charge in [0.1, 0.15) is 5.65 Å². The molecule has 5 aromatic heterocycles. The Morgan fingerprint density at radius 2 is 1.02 bits per heavy atom. The molecule has 4 nitrogen and oxygen atoms in total. The Bertz CT molecular complexity index is 2970. The third-order valence-electron chi connectivity index (χ3n) is 9.79. The molecule has 0 atom stereocenters. The molecule has 0 radical (unpaired) electrons. The highest BCUT2D eigenvalue weighted by molar-refractivity contribution is 6.35. The molecular weight excluding hydrogens is 548 g/mol. The number of benzene rings is 6. The molecule has 0 amide bonds.